The first-order valence-corrected chi connectivity index (χ1v) is 8.08. The maximum Gasteiger partial charge on any atom is 0.113 e. The number of aromatic nitrogens is 1. The first kappa shape index (κ1) is 11.4. The molecule has 0 bridgehead atoms. The quantitative estimate of drug-likeness (QED) is 0.843. The third-order valence-corrected chi connectivity index (χ3v) is 6.34. The lowest BCUT2D eigenvalue weighted by Gasteiger charge is -2.40. The molecule has 2 saturated heterocycles. The first-order valence-electron chi connectivity index (χ1n) is 7.27. The molecule has 2 atom stereocenters. The van der Waals surface area contributed by atoms with E-state index in [0.29, 0.717) is 0 Å². The molecule has 3 nitrogen and oxygen atoms in total. The Labute approximate surface area is 112 Å². The van der Waals surface area contributed by atoms with Crippen LogP contribution in [0.15, 0.2) is 0 Å². The normalized spacial score (nSPS) is 35.7. The van der Waals surface area contributed by atoms with E-state index in [0.717, 1.165) is 18.9 Å². The number of nitrogens with two attached hydrogens (primary N) is 1. The minimum atomic E-state index is -0.124. The summed E-state index contributed by atoms with van der Waals surface area (Å²) in [6.45, 7) is 2.46. The van der Waals surface area contributed by atoms with Crippen molar-refractivity contribution in [1.29, 1.82) is 0 Å². The lowest BCUT2D eigenvalue weighted by Crippen LogP contribution is -2.50. The Hall–Kier alpha value is -0.450. The smallest absolute Gasteiger partial charge is 0.113 e. The number of fused-ring (bicyclic) bond motifs is 2. The zero-order valence-electron chi connectivity index (χ0n) is 10.8. The summed E-state index contributed by atoms with van der Waals surface area (Å²) in [7, 11) is 0. The van der Waals surface area contributed by atoms with Crippen molar-refractivity contribution in [2.75, 3.05) is 13.1 Å². The van der Waals surface area contributed by atoms with E-state index in [1.807, 2.05) is 11.3 Å². The van der Waals surface area contributed by atoms with Crippen LogP contribution in [0.3, 0.4) is 0 Å². The molecule has 0 aromatic carbocycles. The SMILES string of the molecule is NC1(c2nc3c(s2)CCC3)CCN2CCCC2C1. The molecule has 4 rings (SSSR count). The molecule has 0 spiro atoms. The Kier molecular flexibility index (Phi) is 2.54. The summed E-state index contributed by atoms with van der Waals surface area (Å²) in [5.74, 6) is 0. The van der Waals surface area contributed by atoms with Crippen LogP contribution in [0, 0.1) is 0 Å². The number of rotatable bonds is 1. The van der Waals surface area contributed by atoms with Gasteiger partial charge in [0.05, 0.1) is 11.2 Å². The molecule has 3 aliphatic rings. The van der Waals surface area contributed by atoms with Crippen molar-refractivity contribution in [2.24, 2.45) is 5.73 Å². The van der Waals surface area contributed by atoms with Crippen LogP contribution < -0.4 is 5.73 Å². The molecule has 1 aliphatic carbocycles. The van der Waals surface area contributed by atoms with E-state index < -0.39 is 0 Å². The predicted molar refractivity (Wildman–Crippen MR) is 73.8 cm³/mol. The van der Waals surface area contributed by atoms with Crippen LogP contribution in [0.25, 0.3) is 0 Å². The van der Waals surface area contributed by atoms with Crippen LogP contribution >= 0.6 is 11.3 Å². The molecular formula is C14H21N3S. The third-order valence-electron chi connectivity index (χ3n) is 4.97. The fraction of sp³-hybridized carbons (Fsp3) is 0.786. The summed E-state index contributed by atoms with van der Waals surface area (Å²) in [5, 5.41) is 1.23. The molecule has 2 aliphatic heterocycles. The maximum absolute atomic E-state index is 6.72. The Morgan fingerprint density at radius 2 is 2.22 bits per heavy atom. The van der Waals surface area contributed by atoms with Gasteiger partial charge in [0.15, 0.2) is 0 Å². The standard InChI is InChI=1S/C14H21N3S/c15-14(6-8-17-7-2-3-10(17)9-14)13-16-11-4-1-5-12(11)18-13/h10H,1-9,15H2. The van der Waals surface area contributed by atoms with Gasteiger partial charge in [-0.15, -0.1) is 11.3 Å². The molecule has 2 fully saturated rings. The van der Waals surface area contributed by atoms with Crippen LogP contribution in [0.4, 0.5) is 0 Å². The Morgan fingerprint density at radius 1 is 1.28 bits per heavy atom. The van der Waals surface area contributed by atoms with Crippen LogP contribution in [0.5, 0.6) is 0 Å². The van der Waals surface area contributed by atoms with Gasteiger partial charge in [-0.2, -0.15) is 0 Å². The fourth-order valence-corrected chi connectivity index (χ4v) is 5.17. The summed E-state index contributed by atoms with van der Waals surface area (Å²) >= 11 is 1.91. The van der Waals surface area contributed by atoms with Crippen molar-refractivity contribution < 1.29 is 0 Å². The largest absolute Gasteiger partial charge is 0.319 e. The van der Waals surface area contributed by atoms with Gasteiger partial charge in [0, 0.05) is 17.5 Å². The predicted octanol–water partition coefficient (Wildman–Crippen LogP) is 2.04. The summed E-state index contributed by atoms with van der Waals surface area (Å²) < 4.78 is 0. The highest BCUT2D eigenvalue weighted by molar-refractivity contribution is 7.12. The summed E-state index contributed by atoms with van der Waals surface area (Å²) in [6, 6.07) is 0.725. The van der Waals surface area contributed by atoms with Crippen molar-refractivity contribution in [3.8, 4) is 0 Å². The molecule has 2 unspecified atom stereocenters. The Balaban J connectivity index is 1.62. The van der Waals surface area contributed by atoms with Crippen LogP contribution in [-0.4, -0.2) is 29.0 Å². The summed E-state index contributed by atoms with van der Waals surface area (Å²) in [4.78, 5) is 9.02. The highest BCUT2D eigenvalue weighted by Gasteiger charge is 2.42. The van der Waals surface area contributed by atoms with Crippen molar-refractivity contribution in [2.45, 2.75) is 56.5 Å². The highest BCUT2D eigenvalue weighted by atomic mass is 32.1. The molecule has 4 heteroatoms. The molecule has 3 heterocycles. The summed E-state index contributed by atoms with van der Waals surface area (Å²) in [5.41, 5.74) is 7.95. The molecule has 1 aromatic heterocycles. The van der Waals surface area contributed by atoms with E-state index >= 15 is 0 Å². The first-order chi connectivity index (χ1) is 8.74. The average Bonchev–Trinajstić information content (AvgIpc) is 3.02. The molecule has 98 valence electrons. The topological polar surface area (TPSA) is 42.1 Å². The molecule has 0 amide bonds. The molecule has 0 radical (unpaired) electrons. The molecule has 2 N–H and O–H groups in total. The van der Waals surface area contributed by atoms with Crippen LogP contribution in [0.2, 0.25) is 0 Å². The number of aryl methyl sites for hydroxylation is 2. The second-order valence-electron chi connectivity index (χ2n) is 6.18. The average molecular weight is 263 g/mol. The monoisotopic (exact) mass is 263 g/mol. The van der Waals surface area contributed by atoms with E-state index in [9.17, 15) is 0 Å². The highest BCUT2D eigenvalue weighted by Crippen LogP contribution is 2.41. The lowest BCUT2D eigenvalue weighted by molar-refractivity contribution is 0.130. The zero-order valence-corrected chi connectivity index (χ0v) is 11.6. The minimum Gasteiger partial charge on any atom is -0.319 e. The number of nitrogens with zero attached hydrogens (tertiary/aromatic N) is 2. The van der Waals surface area contributed by atoms with Crippen molar-refractivity contribution in [3.05, 3.63) is 15.6 Å². The van der Waals surface area contributed by atoms with Gasteiger partial charge in [-0.25, -0.2) is 4.98 Å². The molecule has 1 aromatic rings. The van der Waals surface area contributed by atoms with Gasteiger partial charge in [-0.05, 0) is 51.5 Å². The van der Waals surface area contributed by atoms with Gasteiger partial charge in [0.25, 0.3) is 0 Å². The van der Waals surface area contributed by atoms with Crippen molar-refractivity contribution in [1.82, 2.24) is 9.88 Å². The van der Waals surface area contributed by atoms with Gasteiger partial charge in [-0.1, -0.05) is 0 Å². The van der Waals surface area contributed by atoms with Gasteiger partial charge in [-0.3, -0.25) is 0 Å². The third kappa shape index (κ3) is 1.66. The van der Waals surface area contributed by atoms with E-state index in [-0.39, 0.29) is 5.54 Å². The number of hydrogen-bond donors (Lipinski definition) is 1. The van der Waals surface area contributed by atoms with E-state index in [4.69, 9.17) is 10.7 Å². The van der Waals surface area contributed by atoms with E-state index in [2.05, 4.69) is 4.90 Å². The van der Waals surface area contributed by atoms with Crippen LogP contribution in [0.1, 0.15) is 47.7 Å². The number of piperidine rings is 1. The summed E-state index contributed by atoms with van der Waals surface area (Å²) in [6.07, 6.45) is 8.62. The van der Waals surface area contributed by atoms with Crippen molar-refractivity contribution in [3.63, 3.8) is 0 Å². The van der Waals surface area contributed by atoms with Gasteiger partial charge < -0.3 is 10.6 Å². The van der Waals surface area contributed by atoms with Gasteiger partial charge in [0.2, 0.25) is 0 Å². The maximum atomic E-state index is 6.72. The molecule has 18 heavy (non-hydrogen) atoms. The van der Waals surface area contributed by atoms with E-state index in [1.54, 1.807) is 0 Å². The minimum absolute atomic E-state index is 0.124. The fourth-order valence-electron chi connectivity index (χ4n) is 3.88. The molecule has 0 saturated carbocycles. The van der Waals surface area contributed by atoms with E-state index in [1.165, 1.54) is 60.8 Å². The Bertz CT molecular complexity index is 448. The Morgan fingerprint density at radius 3 is 3.11 bits per heavy atom. The van der Waals surface area contributed by atoms with Crippen LogP contribution in [-0.2, 0) is 18.4 Å². The van der Waals surface area contributed by atoms with Gasteiger partial charge >= 0.3 is 0 Å². The van der Waals surface area contributed by atoms with Crippen molar-refractivity contribution >= 4 is 11.3 Å². The zero-order chi connectivity index (χ0) is 12.2. The molecular weight excluding hydrogens is 242 g/mol. The lowest BCUT2D eigenvalue weighted by atomic mass is 9.84. The van der Waals surface area contributed by atoms with Gasteiger partial charge in [0.1, 0.15) is 5.01 Å². The number of thiazole rings is 1. The second-order valence-corrected chi connectivity index (χ2v) is 7.27. The second kappa shape index (κ2) is 4.02. The number of hydrogen-bond acceptors (Lipinski definition) is 4.